The van der Waals surface area contributed by atoms with Gasteiger partial charge in [0.2, 0.25) is 0 Å². The van der Waals surface area contributed by atoms with E-state index in [4.69, 9.17) is 12.2 Å². The van der Waals surface area contributed by atoms with Crippen LogP contribution >= 0.6 is 24.0 Å². The molecule has 0 atom stereocenters. The fraction of sp³-hybridized carbons (Fsp3) is 0.348. The summed E-state index contributed by atoms with van der Waals surface area (Å²) in [5, 5.41) is 5.64. The van der Waals surface area contributed by atoms with Gasteiger partial charge in [0.05, 0.1) is 12.5 Å². The average molecular weight is 395 g/mol. The third-order valence-electron chi connectivity index (χ3n) is 5.43. The summed E-state index contributed by atoms with van der Waals surface area (Å²) in [4.78, 5) is 4.30. The van der Waals surface area contributed by atoms with Gasteiger partial charge in [-0.15, -0.1) is 0 Å². The van der Waals surface area contributed by atoms with Gasteiger partial charge >= 0.3 is 0 Å². The minimum atomic E-state index is 0.964. The van der Waals surface area contributed by atoms with Gasteiger partial charge in [0, 0.05) is 7.05 Å². The molecule has 1 aliphatic carbocycles. The van der Waals surface area contributed by atoms with E-state index in [1.54, 1.807) is 22.9 Å². The SMILES string of the molecule is CN1CSC(=S)N(C)C1.c1ccc2c(c1)ccc1c3c(ccc12)CCCC3. The van der Waals surface area contributed by atoms with Crippen LogP contribution in [0.15, 0.2) is 48.5 Å². The van der Waals surface area contributed by atoms with E-state index in [9.17, 15) is 0 Å². The Labute approximate surface area is 171 Å². The first-order valence-electron chi connectivity index (χ1n) is 9.62. The molecule has 2 aliphatic rings. The van der Waals surface area contributed by atoms with E-state index in [0.717, 1.165) is 16.9 Å². The second kappa shape index (κ2) is 8.17. The molecule has 0 unspecified atom stereocenters. The number of fused-ring (bicyclic) bond motifs is 5. The van der Waals surface area contributed by atoms with E-state index in [1.165, 1.54) is 47.2 Å². The molecule has 0 radical (unpaired) electrons. The molecular formula is C23H26N2S2. The van der Waals surface area contributed by atoms with Crippen LogP contribution in [0.1, 0.15) is 24.0 Å². The summed E-state index contributed by atoms with van der Waals surface area (Å²) in [6, 6.07) is 18.0. The van der Waals surface area contributed by atoms with Gasteiger partial charge in [-0.25, -0.2) is 0 Å². The van der Waals surface area contributed by atoms with Crippen molar-refractivity contribution in [1.29, 1.82) is 0 Å². The smallest absolute Gasteiger partial charge is 0.138 e. The van der Waals surface area contributed by atoms with Gasteiger partial charge < -0.3 is 4.90 Å². The predicted octanol–water partition coefficient (Wildman–Crippen LogP) is 5.67. The van der Waals surface area contributed by atoms with Crippen LogP contribution in [0.2, 0.25) is 0 Å². The number of thiocarbonyl (C=S) groups is 1. The van der Waals surface area contributed by atoms with Gasteiger partial charge in [0.1, 0.15) is 4.32 Å². The van der Waals surface area contributed by atoms with Crippen molar-refractivity contribution >= 4 is 49.8 Å². The second-order valence-electron chi connectivity index (χ2n) is 7.53. The lowest BCUT2D eigenvalue weighted by atomic mass is 9.86. The molecule has 0 N–H and O–H groups in total. The first-order chi connectivity index (χ1) is 13.1. The van der Waals surface area contributed by atoms with Crippen LogP contribution in [0.3, 0.4) is 0 Å². The lowest BCUT2D eigenvalue weighted by Crippen LogP contribution is -2.40. The molecule has 3 aromatic rings. The summed E-state index contributed by atoms with van der Waals surface area (Å²) in [6.07, 6.45) is 5.22. The maximum atomic E-state index is 5.04. The number of nitrogens with zero attached hydrogens (tertiary/aromatic N) is 2. The van der Waals surface area contributed by atoms with Gasteiger partial charge in [-0.3, -0.25) is 4.90 Å². The molecule has 2 nitrogen and oxygen atoms in total. The molecule has 4 heteroatoms. The summed E-state index contributed by atoms with van der Waals surface area (Å²) >= 11 is 6.76. The quantitative estimate of drug-likeness (QED) is 0.358. The zero-order chi connectivity index (χ0) is 18.8. The molecule has 0 aromatic heterocycles. The summed E-state index contributed by atoms with van der Waals surface area (Å²) in [5.74, 6) is 1.03. The minimum Gasteiger partial charge on any atom is -0.348 e. The van der Waals surface area contributed by atoms with E-state index in [-0.39, 0.29) is 0 Å². The molecule has 3 aromatic carbocycles. The Hall–Kier alpha value is -1.62. The molecule has 27 heavy (non-hydrogen) atoms. The van der Waals surface area contributed by atoms with Crippen molar-refractivity contribution < 1.29 is 0 Å². The van der Waals surface area contributed by atoms with Gasteiger partial charge in [-0.05, 0) is 65.4 Å². The van der Waals surface area contributed by atoms with Gasteiger partial charge in [0.15, 0.2) is 0 Å². The Morgan fingerprint density at radius 3 is 2.44 bits per heavy atom. The number of thioether (sulfide) groups is 1. The highest BCUT2D eigenvalue weighted by Crippen LogP contribution is 2.33. The Morgan fingerprint density at radius 1 is 0.852 bits per heavy atom. The predicted molar refractivity (Wildman–Crippen MR) is 124 cm³/mol. The number of benzene rings is 3. The highest BCUT2D eigenvalue weighted by Gasteiger charge is 2.14. The van der Waals surface area contributed by atoms with Crippen LogP contribution < -0.4 is 0 Å². The summed E-state index contributed by atoms with van der Waals surface area (Å²) < 4.78 is 1.01. The third-order valence-corrected chi connectivity index (χ3v) is 7.22. The number of rotatable bonds is 0. The van der Waals surface area contributed by atoms with Crippen LogP contribution in [0, 0.1) is 0 Å². The average Bonchev–Trinajstić information content (AvgIpc) is 2.71. The highest BCUT2D eigenvalue weighted by molar-refractivity contribution is 8.22. The van der Waals surface area contributed by atoms with Gasteiger partial charge in [-0.1, -0.05) is 72.5 Å². The van der Waals surface area contributed by atoms with Crippen LogP contribution in [0.25, 0.3) is 21.5 Å². The maximum Gasteiger partial charge on any atom is 0.138 e. The molecular weight excluding hydrogens is 368 g/mol. The molecule has 1 heterocycles. The highest BCUT2D eigenvalue weighted by atomic mass is 32.2. The van der Waals surface area contributed by atoms with E-state index >= 15 is 0 Å². The number of hydrogen-bond acceptors (Lipinski definition) is 3. The maximum absolute atomic E-state index is 5.04. The first kappa shape index (κ1) is 18.7. The minimum absolute atomic E-state index is 0.964. The molecule has 0 amide bonds. The van der Waals surface area contributed by atoms with Crippen LogP contribution in [-0.2, 0) is 12.8 Å². The topological polar surface area (TPSA) is 6.48 Å². The van der Waals surface area contributed by atoms with Gasteiger partial charge in [-0.2, -0.15) is 0 Å². The van der Waals surface area contributed by atoms with Crippen LogP contribution in [0.5, 0.6) is 0 Å². The molecule has 140 valence electrons. The second-order valence-corrected chi connectivity index (χ2v) is 9.11. The molecule has 1 aliphatic heterocycles. The summed E-state index contributed by atoms with van der Waals surface area (Å²) in [5.41, 5.74) is 3.17. The van der Waals surface area contributed by atoms with Crippen molar-refractivity contribution in [2.24, 2.45) is 0 Å². The molecule has 1 saturated heterocycles. The number of hydrogen-bond donors (Lipinski definition) is 0. The normalized spacial score (nSPS) is 17.6. The molecule has 0 spiro atoms. The van der Waals surface area contributed by atoms with Crippen molar-refractivity contribution in [3.8, 4) is 0 Å². The number of aryl methyl sites for hydroxylation is 2. The van der Waals surface area contributed by atoms with E-state index in [1.807, 2.05) is 7.05 Å². The van der Waals surface area contributed by atoms with E-state index in [0.29, 0.717) is 0 Å². The third kappa shape index (κ3) is 3.98. The van der Waals surface area contributed by atoms with Crippen molar-refractivity contribution in [1.82, 2.24) is 9.80 Å². The lowest BCUT2D eigenvalue weighted by molar-refractivity contribution is 0.278. The lowest BCUT2D eigenvalue weighted by Gasteiger charge is -2.31. The Kier molecular flexibility index (Phi) is 5.67. The standard InChI is InChI=1S/C18H16.C5H10N2S2/c1-3-7-15-13(5-1)9-11-18-16-8-4-2-6-14(16)10-12-17(15)18;1-6-3-7(2)5(8)9-4-6/h1,3,5,7,9-12H,2,4,6,8H2;3-4H2,1-2H3. The van der Waals surface area contributed by atoms with Crippen molar-refractivity contribution in [2.45, 2.75) is 25.7 Å². The Morgan fingerprint density at radius 2 is 1.63 bits per heavy atom. The van der Waals surface area contributed by atoms with E-state index in [2.05, 4.69) is 65.4 Å². The molecule has 1 fully saturated rings. The fourth-order valence-corrected chi connectivity index (χ4v) is 4.99. The summed E-state index contributed by atoms with van der Waals surface area (Å²) in [7, 11) is 4.11. The van der Waals surface area contributed by atoms with Crippen molar-refractivity contribution in [3.63, 3.8) is 0 Å². The monoisotopic (exact) mass is 394 g/mol. The summed E-state index contributed by atoms with van der Waals surface area (Å²) in [6.45, 7) is 0.964. The van der Waals surface area contributed by atoms with E-state index < -0.39 is 0 Å². The largest absolute Gasteiger partial charge is 0.348 e. The zero-order valence-corrected chi connectivity index (χ0v) is 17.7. The van der Waals surface area contributed by atoms with Gasteiger partial charge in [0.25, 0.3) is 0 Å². The molecule has 5 rings (SSSR count). The zero-order valence-electron chi connectivity index (χ0n) is 16.1. The fourth-order valence-electron chi connectivity index (χ4n) is 4.08. The van der Waals surface area contributed by atoms with Crippen LogP contribution in [-0.4, -0.2) is 40.8 Å². The molecule has 0 bridgehead atoms. The Bertz CT molecular complexity index is 983. The van der Waals surface area contributed by atoms with Crippen LogP contribution in [0.4, 0.5) is 0 Å². The molecule has 0 saturated carbocycles. The Balaban J connectivity index is 0.000000170. The van der Waals surface area contributed by atoms with Crippen molar-refractivity contribution in [3.05, 3.63) is 59.7 Å². The first-order valence-corrected chi connectivity index (χ1v) is 11.0. The van der Waals surface area contributed by atoms with Crippen molar-refractivity contribution in [2.75, 3.05) is 26.6 Å².